The van der Waals surface area contributed by atoms with Crippen molar-refractivity contribution in [1.82, 2.24) is 4.31 Å². The number of carboxylic acids is 1. The molecule has 7 nitrogen and oxygen atoms in total. The maximum absolute atomic E-state index is 13.1. The quantitative estimate of drug-likeness (QED) is 0.847. The number of hydrogen-bond donors (Lipinski definition) is 1. The fourth-order valence-electron chi connectivity index (χ4n) is 3.52. The fraction of sp³-hybridized carbons (Fsp3) is 0.562. The van der Waals surface area contributed by atoms with Crippen molar-refractivity contribution < 1.29 is 27.8 Å². The Morgan fingerprint density at radius 3 is 2.40 bits per heavy atom. The van der Waals surface area contributed by atoms with Gasteiger partial charge in [0.25, 0.3) is 0 Å². The van der Waals surface area contributed by atoms with Gasteiger partial charge in [-0.1, -0.05) is 18.5 Å². The van der Waals surface area contributed by atoms with E-state index in [1.807, 2.05) is 6.92 Å². The lowest BCUT2D eigenvalue weighted by Crippen LogP contribution is -2.60. The monoisotopic (exact) mass is 389 g/mol. The second-order valence-corrected chi connectivity index (χ2v) is 8.50. The number of aliphatic carboxylic acids is 1. The summed E-state index contributed by atoms with van der Waals surface area (Å²) in [6.45, 7) is 2.58. The summed E-state index contributed by atoms with van der Waals surface area (Å²) in [4.78, 5) is 11.9. The molecule has 0 aromatic heterocycles. The topological polar surface area (TPSA) is 93.1 Å². The molecule has 2 atom stereocenters. The van der Waals surface area contributed by atoms with Crippen LogP contribution < -0.4 is 0 Å². The molecular weight excluding hydrogens is 370 g/mol. The third-order valence-corrected chi connectivity index (χ3v) is 6.90. The highest BCUT2D eigenvalue weighted by Crippen LogP contribution is 2.41. The summed E-state index contributed by atoms with van der Waals surface area (Å²) in [5.41, 5.74) is 0. The number of sulfonamides is 1. The van der Waals surface area contributed by atoms with E-state index in [9.17, 15) is 18.3 Å². The number of benzene rings is 1. The standard InChI is InChI=1S/C16H20ClNO6S/c1-2-12-9-16(23-7-8-24-16)10-14(15(19)20)18(12)25(21,22)13-5-3-11(17)4-6-13/h3-6,12,14H,2,7-10H2,1H3,(H,19,20). The highest BCUT2D eigenvalue weighted by molar-refractivity contribution is 7.89. The van der Waals surface area contributed by atoms with Crippen molar-refractivity contribution in [3.05, 3.63) is 29.3 Å². The van der Waals surface area contributed by atoms with E-state index in [1.165, 1.54) is 24.3 Å². The van der Waals surface area contributed by atoms with Crippen molar-refractivity contribution in [2.24, 2.45) is 0 Å². The Morgan fingerprint density at radius 1 is 1.28 bits per heavy atom. The maximum atomic E-state index is 13.1. The SMILES string of the molecule is CCC1CC2(CC(C(=O)O)N1S(=O)(=O)c1ccc(Cl)cc1)OCCO2. The molecule has 0 bridgehead atoms. The fourth-order valence-corrected chi connectivity index (χ4v) is 5.48. The zero-order valence-corrected chi connectivity index (χ0v) is 15.3. The molecule has 2 fully saturated rings. The van der Waals surface area contributed by atoms with Crippen LogP contribution in [0.25, 0.3) is 0 Å². The molecule has 2 saturated heterocycles. The van der Waals surface area contributed by atoms with Gasteiger partial charge in [0.2, 0.25) is 10.0 Å². The smallest absolute Gasteiger partial charge is 0.322 e. The van der Waals surface area contributed by atoms with Crippen LogP contribution in [0.2, 0.25) is 5.02 Å². The number of rotatable bonds is 4. The van der Waals surface area contributed by atoms with Crippen LogP contribution >= 0.6 is 11.6 Å². The van der Waals surface area contributed by atoms with Crippen molar-refractivity contribution in [2.45, 2.75) is 49.0 Å². The molecule has 0 aliphatic carbocycles. The number of carbonyl (C=O) groups is 1. The van der Waals surface area contributed by atoms with Crippen molar-refractivity contribution in [2.75, 3.05) is 13.2 Å². The van der Waals surface area contributed by atoms with E-state index < -0.39 is 33.9 Å². The summed E-state index contributed by atoms with van der Waals surface area (Å²) in [6, 6.07) is 3.93. The number of ether oxygens (including phenoxy) is 2. The zero-order valence-electron chi connectivity index (χ0n) is 13.7. The lowest BCUT2D eigenvalue weighted by molar-refractivity contribution is -0.204. The molecule has 2 aliphatic heterocycles. The van der Waals surface area contributed by atoms with Gasteiger partial charge in [-0.2, -0.15) is 4.31 Å². The normalized spacial score (nSPS) is 26.8. The Balaban J connectivity index is 2.02. The molecule has 0 saturated carbocycles. The molecule has 25 heavy (non-hydrogen) atoms. The van der Waals surface area contributed by atoms with Crippen LogP contribution in [0.15, 0.2) is 29.2 Å². The maximum Gasteiger partial charge on any atom is 0.322 e. The van der Waals surface area contributed by atoms with Gasteiger partial charge in [0.15, 0.2) is 5.79 Å². The minimum Gasteiger partial charge on any atom is -0.480 e. The highest BCUT2D eigenvalue weighted by Gasteiger charge is 2.54. The molecule has 0 amide bonds. The summed E-state index contributed by atoms with van der Waals surface area (Å²) in [5, 5.41) is 10.1. The van der Waals surface area contributed by atoms with Crippen LogP contribution in [-0.2, 0) is 24.3 Å². The number of halogens is 1. The molecule has 1 aromatic rings. The molecule has 1 aromatic carbocycles. The van der Waals surface area contributed by atoms with Gasteiger partial charge in [-0.25, -0.2) is 8.42 Å². The molecule has 2 unspecified atom stereocenters. The van der Waals surface area contributed by atoms with Crippen LogP contribution in [-0.4, -0.2) is 54.9 Å². The van der Waals surface area contributed by atoms with Gasteiger partial charge in [-0.3, -0.25) is 4.79 Å². The molecule has 2 heterocycles. The van der Waals surface area contributed by atoms with E-state index in [4.69, 9.17) is 21.1 Å². The average molecular weight is 390 g/mol. The highest BCUT2D eigenvalue weighted by atomic mass is 35.5. The lowest BCUT2D eigenvalue weighted by Gasteiger charge is -2.45. The first-order valence-electron chi connectivity index (χ1n) is 8.09. The van der Waals surface area contributed by atoms with E-state index >= 15 is 0 Å². The Morgan fingerprint density at radius 2 is 1.88 bits per heavy atom. The Bertz CT molecular complexity index is 744. The van der Waals surface area contributed by atoms with E-state index in [0.717, 1.165) is 4.31 Å². The van der Waals surface area contributed by atoms with E-state index in [2.05, 4.69) is 0 Å². The van der Waals surface area contributed by atoms with Gasteiger partial charge in [-0.15, -0.1) is 0 Å². The number of piperidine rings is 1. The Kier molecular flexibility index (Phi) is 5.09. The predicted molar refractivity (Wildman–Crippen MR) is 89.8 cm³/mol. The van der Waals surface area contributed by atoms with Crippen LogP contribution in [0.4, 0.5) is 0 Å². The first-order valence-corrected chi connectivity index (χ1v) is 9.91. The third kappa shape index (κ3) is 3.41. The molecule has 138 valence electrons. The second kappa shape index (κ2) is 6.85. The van der Waals surface area contributed by atoms with Gasteiger partial charge < -0.3 is 14.6 Å². The number of carboxylic acid groups (broad SMARTS) is 1. The molecular formula is C16H20ClNO6S. The van der Waals surface area contributed by atoms with Crippen LogP contribution in [0.5, 0.6) is 0 Å². The minimum atomic E-state index is -4.00. The summed E-state index contributed by atoms with van der Waals surface area (Å²) in [6.07, 6.45) is 0.719. The first-order chi connectivity index (χ1) is 11.8. The van der Waals surface area contributed by atoms with Crippen LogP contribution in [0.1, 0.15) is 26.2 Å². The lowest BCUT2D eigenvalue weighted by atomic mass is 9.91. The van der Waals surface area contributed by atoms with Crippen molar-refractivity contribution in [3.8, 4) is 0 Å². The molecule has 0 radical (unpaired) electrons. The predicted octanol–water partition coefficient (Wildman–Crippen LogP) is 2.10. The summed E-state index contributed by atoms with van der Waals surface area (Å²) in [5.74, 6) is -2.23. The number of hydrogen-bond acceptors (Lipinski definition) is 5. The second-order valence-electron chi connectivity index (χ2n) is 6.22. The average Bonchev–Trinajstić information content (AvgIpc) is 3.01. The van der Waals surface area contributed by atoms with Gasteiger partial charge >= 0.3 is 5.97 Å². The zero-order chi connectivity index (χ0) is 18.2. The van der Waals surface area contributed by atoms with Gasteiger partial charge in [0, 0.05) is 23.9 Å². The molecule has 1 N–H and O–H groups in total. The largest absolute Gasteiger partial charge is 0.480 e. The van der Waals surface area contributed by atoms with Gasteiger partial charge in [0.05, 0.1) is 18.1 Å². The van der Waals surface area contributed by atoms with Crippen LogP contribution in [0, 0.1) is 0 Å². The summed E-state index contributed by atoms with van der Waals surface area (Å²) >= 11 is 5.83. The minimum absolute atomic E-state index is 0.0193. The van der Waals surface area contributed by atoms with Crippen molar-refractivity contribution in [1.29, 1.82) is 0 Å². The molecule has 2 aliphatic rings. The Labute approximate surface area is 151 Å². The summed E-state index contributed by atoms with van der Waals surface area (Å²) in [7, 11) is -4.00. The van der Waals surface area contributed by atoms with Crippen molar-refractivity contribution >= 4 is 27.6 Å². The van der Waals surface area contributed by atoms with E-state index in [-0.39, 0.29) is 11.3 Å². The van der Waals surface area contributed by atoms with Crippen LogP contribution in [0.3, 0.4) is 0 Å². The van der Waals surface area contributed by atoms with Gasteiger partial charge in [-0.05, 0) is 30.7 Å². The van der Waals surface area contributed by atoms with E-state index in [0.29, 0.717) is 31.1 Å². The van der Waals surface area contributed by atoms with Gasteiger partial charge in [0.1, 0.15) is 6.04 Å². The summed E-state index contributed by atoms with van der Waals surface area (Å²) < 4.78 is 38.6. The van der Waals surface area contributed by atoms with Crippen molar-refractivity contribution in [3.63, 3.8) is 0 Å². The molecule has 3 rings (SSSR count). The molecule has 9 heteroatoms. The first kappa shape index (κ1) is 18.6. The third-order valence-electron chi connectivity index (χ3n) is 4.68. The number of nitrogens with zero attached hydrogens (tertiary/aromatic N) is 1. The van der Waals surface area contributed by atoms with E-state index in [1.54, 1.807) is 0 Å². The Hall–Kier alpha value is -1.19. The molecule has 1 spiro atoms.